The Kier molecular flexibility index (Phi) is 6.72. The number of aromatic nitrogens is 1. The van der Waals surface area contributed by atoms with Crippen molar-refractivity contribution < 1.29 is 0 Å². The van der Waals surface area contributed by atoms with Crippen LogP contribution in [0.1, 0.15) is 11.1 Å². The molecule has 0 unspecified atom stereocenters. The fourth-order valence-corrected chi connectivity index (χ4v) is 10.6. The van der Waals surface area contributed by atoms with E-state index in [2.05, 4.69) is 180 Å². The lowest BCUT2D eigenvalue weighted by atomic mass is 9.91. The third kappa shape index (κ3) is 4.42. The van der Waals surface area contributed by atoms with E-state index in [4.69, 9.17) is 10.7 Å². The summed E-state index contributed by atoms with van der Waals surface area (Å²) in [5.41, 5.74) is 13.2. The van der Waals surface area contributed by atoms with Gasteiger partial charge in [-0.25, -0.2) is 0 Å². The molecule has 10 aromatic carbocycles. The average molecular weight is 732 g/mol. The Morgan fingerprint density at radius 2 is 0.964 bits per heavy atom. The Morgan fingerprint density at radius 1 is 0.411 bits per heavy atom. The van der Waals surface area contributed by atoms with Crippen LogP contribution in [0.5, 0.6) is 0 Å². The van der Waals surface area contributed by atoms with Crippen molar-refractivity contribution >= 4 is 119 Å². The third-order valence-electron chi connectivity index (χ3n) is 11.9. The minimum absolute atomic E-state index is 0.412. The first-order valence-corrected chi connectivity index (χ1v) is 19.9. The van der Waals surface area contributed by atoms with Crippen LogP contribution in [0.25, 0.3) is 95.8 Å². The Hall–Kier alpha value is -7.01. The van der Waals surface area contributed by atoms with Gasteiger partial charge < -0.3 is 10.3 Å². The Balaban J connectivity index is 1.20. The second-order valence-electron chi connectivity index (χ2n) is 14.8. The molecule has 4 heteroatoms. The van der Waals surface area contributed by atoms with E-state index in [0.717, 1.165) is 44.3 Å². The van der Waals surface area contributed by atoms with Gasteiger partial charge in [-0.05, 0) is 67.4 Å². The molecular weight excluding hydrogens is 699 g/mol. The molecular formula is C52H33N3S. The predicted molar refractivity (Wildman–Crippen MR) is 243 cm³/mol. The van der Waals surface area contributed by atoms with Crippen molar-refractivity contribution in [2.45, 2.75) is 6.67 Å². The van der Waals surface area contributed by atoms with Crippen molar-refractivity contribution in [3.8, 4) is 0 Å². The lowest BCUT2D eigenvalue weighted by Gasteiger charge is -2.15. The number of aliphatic imine (C=N–C) groups is 1. The summed E-state index contributed by atoms with van der Waals surface area (Å²) in [6.45, 7) is 0.412. The highest BCUT2D eigenvalue weighted by molar-refractivity contribution is 7.25. The number of thiophene rings is 1. The highest BCUT2D eigenvalue weighted by Gasteiger charge is 2.22. The maximum absolute atomic E-state index is 7.16. The van der Waals surface area contributed by atoms with E-state index >= 15 is 0 Å². The molecule has 0 atom stereocenters. The summed E-state index contributed by atoms with van der Waals surface area (Å²) in [5.74, 6) is 0. The zero-order chi connectivity index (χ0) is 36.9. The fourth-order valence-electron chi connectivity index (χ4n) is 9.42. The monoisotopic (exact) mass is 731 g/mol. The summed E-state index contributed by atoms with van der Waals surface area (Å²) < 4.78 is 4.93. The minimum atomic E-state index is 0.412. The van der Waals surface area contributed by atoms with E-state index in [-0.39, 0.29) is 0 Å². The molecule has 0 amide bonds. The van der Waals surface area contributed by atoms with Crippen LogP contribution in [0, 0.1) is 0 Å². The molecule has 0 saturated carbocycles. The number of rotatable bonds is 4. The van der Waals surface area contributed by atoms with Gasteiger partial charge in [-0.3, -0.25) is 4.99 Å². The van der Waals surface area contributed by atoms with Crippen LogP contribution >= 0.6 is 11.3 Å². The summed E-state index contributed by atoms with van der Waals surface area (Å²) >= 11 is 1.83. The highest BCUT2D eigenvalue weighted by atomic mass is 32.1. The van der Waals surface area contributed by atoms with Crippen molar-refractivity contribution in [1.82, 2.24) is 4.57 Å². The normalized spacial score (nSPS) is 12.5. The summed E-state index contributed by atoms with van der Waals surface area (Å²) in [7, 11) is 0. The zero-order valence-corrected chi connectivity index (χ0v) is 31.1. The number of benzene rings is 10. The van der Waals surface area contributed by atoms with Gasteiger partial charge in [-0.1, -0.05) is 152 Å². The third-order valence-corrected chi connectivity index (χ3v) is 13.0. The fraction of sp³-hybridized carbons (Fsp3) is 0.0192. The molecule has 0 aliphatic carbocycles. The van der Waals surface area contributed by atoms with Crippen LogP contribution in [0.15, 0.2) is 181 Å². The number of anilines is 1. The molecule has 2 aromatic heterocycles. The summed E-state index contributed by atoms with van der Waals surface area (Å²) in [6.07, 6.45) is 0. The van der Waals surface area contributed by atoms with E-state index in [0.29, 0.717) is 6.67 Å². The highest BCUT2D eigenvalue weighted by Crippen LogP contribution is 2.45. The maximum atomic E-state index is 7.16. The molecule has 0 saturated heterocycles. The molecule has 0 aliphatic heterocycles. The smallest absolute Gasteiger partial charge is 0.115 e. The first-order chi connectivity index (χ1) is 27.7. The lowest BCUT2D eigenvalue weighted by molar-refractivity contribution is 0.793. The number of fused-ring (bicyclic) bond motifs is 16. The Bertz CT molecular complexity index is 3610. The van der Waals surface area contributed by atoms with E-state index in [1.807, 2.05) is 11.3 Å². The molecule has 0 spiro atoms. The number of nitrogen functional groups attached to an aromatic ring is 1. The van der Waals surface area contributed by atoms with E-state index < -0.39 is 0 Å². The van der Waals surface area contributed by atoms with Crippen LogP contribution in [-0.4, -0.2) is 10.3 Å². The SMILES string of the molecule is Nc1c(C(=NCn2c3ccc4ccccc4c3c3c4c5ccccc5c5ccccc5c4ccc32)c2cccc3sc4ccccc4c23)ccc2ccccc12. The van der Waals surface area contributed by atoms with Crippen molar-refractivity contribution in [3.05, 3.63) is 187 Å². The molecule has 0 aliphatic rings. The Labute approximate surface area is 326 Å². The second-order valence-corrected chi connectivity index (χ2v) is 15.8. The van der Waals surface area contributed by atoms with Gasteiger partial charge in [0.1, 0.15) is 6.67 Å². The van der Waals surface area contributed by atoms with Crippen molar-refractivity contribution in [3.63, 3.8) is 0 Å². The maximum Gasteiger partial charge on any atom is 0.115 e. The molecule has 0 fully saturated rings. The van der Waals surface area contributed by atoms with Gasteiger partial charge in [0.15, 0.2) is 0 Å². The van der Waals surface area contributed by atoms with Crippen molar-refractivity contribution in [1.29, 1.82) is 0 Å². The minimum Gasteiger partial charge on any atom is -0.398 e. The second kappa shape index (κ2) is 12.0. The quantitative estimate of drug-likeness (QED) is 0.109. The number of hydrogen-bond acceptors (Lipinski definition) is 3. The van der Waals surface area contributed by atoms with Gasteiger partial charge in [0, 0.05) is 58.5 Å². The van der Waals surface area contributed by atoms with Crippen LogP contribution < -0.4 is 5.73 Å². The molecule has 12 rings (SSSR count). The average Bonchev–Trinajstić information content (AvgIpc) is 3.80. The lowest BCUT2D eigenvalue weighted by Crippen LogP contribution is -2.10. The first-order valence-electron chi connectivity index (χ1n) is 19.1. The first kappa shape index (κ1) is 31.4. The number of hydrogen-bond donors (Lipinski definition) is 1. The largest absolute Gasteiger partial charge is 0.398 e. The molecule has 0 radical (unpaired) electrons. The molecule has 2 heterocycles. The standard InChI is InChI=1S/C52H33N3S/c53-51-34-15-4-2-13-32(34)24-26-42(51)52(41-21-11-23-46-47(41)40-20-9-10-22-45(40)56-46)54-30-55-43-28-25-31-12-1-3-14-33(31)49(43)50-44(55)29-27-39-37-18-6-5-16-35(37)36-17-7-8-19-38(36)48(39)50/h1-29H,30,53H2. The summed E-state index contributed by atoms with van der Waals surface area (Å²) in [4.78, 5) is 5.69. The van der Waals surface area contributed by atoms with Crippen LogP contribution in [0.4, 0.5) is 5.69 Å². The van der Waals surface area contributed by atoms with Gasteiger partial charge >= 0.3 is 0 Å². The van der Waals surface area contributed by atoms with Gasteiger partial charge in [0.05, 0.1) is 16.7 Å². The zero-order valence-electron chi connectivity index (χ0n) is 30.3. The van der Waals surface area contributed by atoms with Gasteiger partial charge in [-0.15, -0.1) is 11.3 Å². The topological polar surface area (TPSA) is 43.3 Å². The van der Waals surface area contributed by atoms with E-state index in [9.17, 15) is 0 Å². The number of nitrogens with two attached hydrogens (primary N) is 1. The van der Waals surface area contributed by atoms with Gasteiger partial charge in [-0.2, -0.15) is 0 Å². The number of nitrogens with zero attached hydrogens (tertiary/aromatic N) is 2. The summed E-state index contributed by atoms with van der Waals surface area (Å²) in [6, 6.07) is 63.7. The van der Waals surface area contributed by atoms with Crippen LogP contribution in [0.3, 0.4) is 0 Å². The molecule has 3 nitrogen and oxygen atoms in total. The van der Waals surface area contributed by atoms with Gasteiger partial charge in [0.2, 0.25) is 0 Å². The Morgan fingerprint density at radius 3 is 1.75 bits per heavy atom. The van der Waals surface area contributed by atoms with Crippen molar-refractivity contribution in [2.75, 3.05) is 5.73 Å². The van der Waals surface area contributed by atoms with E-state index in [1.165, 1.54) is 74.0 Å². The molecule has 56 heavy (non-hydrogen) atoms. The van der Waals surface area contributed by atoms with Crippen LogP contribution in [-0.2, 0) is 6.67 Å². The molecule has 0 bridgehead atoms. The van der Waals surface area contributed by atoms with E-state index in [1.54, 1.807) is 0 Å². The molecule has 2 N–H and O–H groups in total. The summed E-state index contributed by atoms with van der Waals surface area (Å²) in [5, 5.41) is 17.3. The van der Waals surface area contributed by atoms with Crippen LogP contribution in [0.2, 0.25) is 0 Å². The van der Waals surface area contributed by atoms with Gasteiger partial charge in [0.25, 0.3) is 0 Å². The predicted octanol–water partition coefficient (Wildman–Crippen LogP) is 14.0. The molecule has 12 aromatic rings. The molecule has 262 valence electrons. The van der Waals surface area contributed by atoms with Crippen molar-refractivity contribution in [2.24, 2.45) is 4.99 Å².